The van der Waals surface area contributed by atoms with E-state index in [9.17, 15) is 4.79 Å². The van der Waals surface area contributed by atoms with Gasteiger partial charge in [0.1, 0.15) is 33.8 Å². The molecule has 6 nitrogen and oxygen atoms in total. The number of thioether (sulfide) groups is 1. The van der Waals surface area contributed by atoms with Gasteiger partial charge in [-0.15, -0.1) is 11.3 Å². The van der Waals surface area contributed by atoms with Gasteiger partial charge in [0.15, 0.2) is 0 Å². The van der Waals surface area contributed by atoms with Gasteiger partial charge < -0.3 is 14.8 Å². The third-order valence-electron chi connectivity index (χ3n) is 4.42. The second-order valence-electron chi connectivity index (χ2n) is 6.52. The van der Waals surface area contributed by atoms with Crippen LogP contribution in [0, 0.1) is 0 Å². The van der Waals surface area contributed by atoms with Gasteiger partial charge in [0, 0.05) is 29.5 Å². The predicted molar refractivity (Wildman–Crippen MR) is 111 cm³/mol. The molecule has 3 heterocycles. The van der Waals surface area contributed by atoms with Crippen molar-refractivity contribution in [3.05, 3.63) is 41.0 Å². The fourth-order valence-corrected chi connectivity index (χ4v) is 4.78. The van der Waals surface area contributed by atoms with Gasteiger partial charge in [-0.1, -0.05) is 11.8 Å². The summed E-state index contributed by atoms with van der Waals surface area (Å²) in [6, 6.07) is 6.00. The van der Waals surface area contributed by atoms with Crippen molar-refractivity contribution >= 4 is 39.2 Å². The molecule has 0 bridgehead atoms. The van der Waals surface area contributed by atoms with Gasteiger partial charge >= 0.3 is 0 Å². The monoisotopic (exact) mass is 415 g/mol. The Labute approximate surface area is 171 Å². The van der Waals surface area contributed by atoms with E-state index in [2.05, 4.69) is 22.2 Å². The maximum atomic E-state index is 12.4. The quantitative estimate of drug-likeness (QED) is 0.467. The Hall–Kier alpha value is -2.32. The Balaban J connectivity index is 1.39. The van der Waals surface area contributed by atoms with Gasteiger partial charge in [-0.25, -0.2) is 9.97 Å². The lowest BCUT2D eigenvalue weighted by molar-refractivity contribution is -0.118. The first-order chi connectivity index (χ1) is 13.6. The van der Waals surface area contributed by atoms with E-state index >= 15 is 0 Å². The minimum Gasteiger partial charge on any atom is -0.494 e. The topological polar surface area (TPSA) is 73.3 Å². The van der Waals surface area contributed by atoms with Crippen LogP contribution in [0.2, 0.25) is 0 Å². The van der Waals surface area contributed by atoms with Gasteiger partial charge in [0.25, 0.3) is 0 Å². The average molecular weight is 416 g/mol. The normalized spacial score (nSPS) is 15.3. The molecule has 0 radical (unpaired) electrons. The summed E-state index contributed by atoms with van der Waals surface area (Å²) >= 11 is 2.99. The average Bonchev–Trinajstić information content (AvgIpc) is 3.30. The van der Waals surface area contributed by atoms with Crippen molar-refractivity contribution in [3.63, 3.8) is 0 Å². The number of thiophene rings is 1. The minimum absolute atomic E-state index is 0.0516. The molecule has 2 aromatic heterocycles. The van der Waals surface area contributed by atoms with Crippen LogP contribution in [0.4, 0.5) is 0 Å². The third kappa shape index (κ3) is 4.07. The molecule has 0 aliphatic carbocycles. The minimum atomic E-state index is -0.0516. The highest BCUT2D eigenvalue weighted by molar-refractivity contribution is 8.00. The van der Waals surface area contributed by atoms with E-state index < -0.39 is 0 Å². The van der Waals surface area contributed by atoms with E-state index in [1.54, 1.807) is 17.7 Å². The second kappa shape index (κ2) is 8.36. The molecular formula is C20H21N3O3S2. The van der Waals surface area contributed by atoms with Crippen molar-refractivity contribution in [2.24, 2.45) is 0 Å². The summed E-state index contributed by atoms with van der Waals surface area (Å²) in [5.41, 5.74) is 2.08. The zero-order valence-corrected chi connectivity index (χ0v) is 17.4. The molecule has 1 amide bonds. The number of nitrogens with zero attached hydrogens (tertiary/aromatic N) is 2. The Morgan fingerprint density at radius 3 is 3.18 bits per heavy atom. The maximum absolute atomic E-state index is 12.4. The zero-order valence-electron chi connectivity index (χ0n) is 15.7. The van der Waals surface area contributed by atoms with Crippen LogP contribution in [0.3, 0.4) is 0 Å². The number of hydrogen-bond donors (Lipinski definition) is 1. The lowest BCUT2D eigenvalue weighted by Gasteiger charge is -2.13. The molecule has 3 aromatic rings. The molecule has 0 saturated carbocycles. The fraction of sp³-hybridized carbons (Fsp3) is 0.350. The molecule has 1 aromatic carbocycles. The largest absolute Gasteiger partial charge is 0.494 e. The molecule has 28 heavy (non-hydrogen) atoms. The smallest absolute Gasteiger partial charge is 0.230 e. The molecule has 1 atom stereocenters. The van der Waals surface area contributed by atoms with Crippen molar-refractivity contribution in [2.45, 2.75) is 37.9 Å². The highest BCUT2D eigenvalue weighted by Crippen LogP contribution is 2.35. The Bertz CT molecular complexity index is 1010. The number of fused-ring (bicyclic) bond motifs is 2. The summed E-state index contributed by atoms with van der Waals surface area (Å²) in [5, 5.41) is 6.78. The molecule has 146 valence electrons. The number of ether oxygens (including phenoxy) is 2. The number of nitrogens with one attached hydrogen (secondary N) is 1. The van der Waals surface area contributed by atoms with Crippen LogP contribution in [0.5, 0.6) is 11.5 Å². The van der Waals surface area contributed by atoms with Gasteiger partial charge in [-0.05, 0) is 37.4 Å². The van der Waals surface area contributed by atoms with E-state index in [0.717, 1.165) is 44.3 Å². The molecule has 1 aliphatic rings. The van der Waals surface area contributed by atoms with Gasteiger partial charge in [-0.3, -0.25) is 4.79 Å². The molecule has 4 rings (SSSR count). The molecular weight excluding hydrogens is 394 g/mol. The number of amides is 1. The lowest BCUT2D eigenvalue weighted by Crippen LogP contribution is -2.25. The highest BCUT2D eigenvalue weighted by atomic mass is 32.2. The van der Waals surface area contributed by atoms with Gasteiger partial charge in [0.2, 0.25) is 5.91 Å². The van der Waals surface area contributed by atoms with Gasteiger partial charge in [0.05, 0.1) is 12.4 Å². The number of aromatic nitrogens is 2. The van der Waals surface area contributed by atoms with Crippen LogP contribution in [0.1, 0.15) is 25.0 Å². The first kappa shape index (κ1) is 19.0. The third-order valence-corrected chi connectivity index (χ3v) is 6.25. The van der Waals surface area contributed by atoms with Crippen LogP contribution in [0.25, 0.3) is 10.2 Å². The fourth-order valence-electron chi connectivity index (χ4n) is 3.17. The van der Waals surface area contributed by atoms with E-state index in [4.69, 9.17) is 9.47 Å². The van der Waals surface area contributed by atoms with Crippen LogP contribution in [-0.2, 0) is 17.8 Å². The SMILES string of the molecule is CCOc1cc2c(cc1CNC(=O)CSc1ncnc3sccc13)O[C@@H](C)C2. The highest BCUT2D eigenvalue weighted by Gasteiger charge is 2.22. The van der Waals surface area contributed by atoms with E-state index in [0.29, 0.717) is 18.9 Å². The first-order valence-corrected chi connectivity index (χ1v) is 11.0. The van der Waals surface area contributed by atoms with Crippen molar-refractivity contribution in [1.82, 2.24) is 15.3 Å². The predicted octanol–water partition coefficient (Wildman–Crippen LogP) is 3.82. The van der Waals surface area contributed by atoms with E-state index in [1.165, 1.54) is 11.8 Å². The summed E-state index contributed by atoms with van der Waals surface area (Å²) < 4.78 is 11.6. The summed E-state index contributed by atoms with van der Waals surface area (Å²) in [7, 11) is 0. The Morgan fingerprint density at radius 2 is 2.32 bits per heavy atom. The summed E-state index contributed by atoms with van der Waals surface area (Å²) in [4.78, 5) is 21.8. The van der Waals surface area contributed by atoms with Crippen LogP contribution >= 0.6 is 23.1 Å². The first-order valence-electron chi connectivity index (χ1n) is 9.17. The molecule has 0 unspecified atom stereocenters. The number of hydrogen-bond acceptors (Lipinski definition) is 7. The van der Waals surface area contributed by atoms with Crippen molar-refractivity contribution in [1.29, 1.82) is 0 Å². The molecule has 8 heteroatoms. The number of carbonyl (C=O) groups excluding carboxylic acids is 1. The molecule has 0 spiro atoms. The Morgan fingerprint density at radius 1 is 1.43 bits per heavy atom. The second-order valence-corrected chi connectivity index (χ2v) is 8.38. The number of carbonyl (C=O) groups is 1. The zero-order chi connectivity index (χ0) is 19.5. The van der Waals surface area contributed by atoms with E-state index in [-0.39, 0.29) is 12.0 Å². The van der Waals surface area contributed by atoms with Crippen LogP contribution in [-0.4, -0.2) is 34.3 Å². The summed E-state index contributed by atoms with van der Waals surface area (Å²) in [5.74, 6) is 1.94. The standard InChI is InChI=1S/C20H21N3O3S2/c1-3-25-16-7-13-6-12(2)26-17(13)8-14(16)9-21-18(24)10-28-20-15-4-5-27-19(15)22-11-23-20/h4-5,7-8,11-12H,3,6,9-10H2,1-2H3,(H,21,24)/t12-/m0/s1. The lowest BCUT2D eigenvalue weighted by atomic mass is 10.1. The Kier molecular flexibility index (Phi) is 5.68. The van der Waals surface area contributed by atoms with E-state index in [1.807, 2.05) is 30.5 Å². The summed E-state index contributed by atoms with van der Waals surface area (Å²) in [6.45, 7) is 4.99. The van der Waals surface area contributed by atoms with Crippen molar-refractivity contribution in [2.75, 3.05) is 12.4 Å². The number of rotatable bonds is 7. The van der Waals surface area contributed by atoms with Crippen molar-refractivity contribution in [3.8, 4) is 11.5 Å². The molecule has 0 saturated heterocycles. The molecule has 0 fully saturated rings. The maximum Gasteiger partial charge on any atom is 0.230 e. The molecule has 1 aliphatic heterocycles. The van der Waals surface area contributed by atoms with Gasteiger partial charge in [-0.2, -0.15) is 0 Å². The molecule has 1 N–H and O–H groups in total. The van der Waals surface area contributed by atoms with Crippen LogP contribution in [0.15, 0.2) is 34.9 Å². The van der Waals surface area contributed by atoms with Crippen LogP contribution < -0.4 is 14.8 Å². The number of benzene rings is 1. The summed E-state index contributed by atoms with van der Waals surface area (Å²) in [6.07, 6.45) is 2.60. The van der Waals surface area contributed by atoms with Crippen molar-refractivity contribution < 1.29 is 14.3 Å².